The fourth-order valence-electron chi connectivity index (χ4n) is 3.01. The fourth-order valence-corrected chi connectivity index (χ4v) is 4.13. The van der Waals surface area contributed by atoms with Crippen LogP contribution in [0, 0.1) is 17.0 Å². The highest BCUT2D eigenvalue weighted by Crippen LogP contribution is 2.25. The summed E-state index contributed by atoms with van der Waals surface area (Å²) in [6, 6.07) is 9.01. The number of halogens is 2. The number of carbonyl (C=O) groups is 2. The largest absolute Gasteiger partial charge is 0.326 e. The van der Waals surface area contributed by atoms with Crippen molar-refractivity contribution in [1.82, 2.24) is 14.8 Å². The van der Waals surface area contributed by atoms with Gasteiger partial charge in [0, 0.05) is 30.1 Å². The van der Waals surface area contributed by atoms with E-state index in [2.05, 4.69) is 20.8 Å². The van der Waals surface area contributed by atoms with Crippen molar-refractivity contribution in [2.75, 3.05) is 16.4 Å². The zero-order valence-electron chi connectivity index (χ0n) is 18.2. The van der Waals surface area contributed by atoms with Crippen LogP contribution in [0.25, 0.3) is 0 Å². The molecule has 0 atom stereocenters. The number of nitro groups is 1. The van der Waals surface area contributed by atoms with E-state index in [9.17, 15) is 19.7 Å². The van der Waals surface area contributed by atoms with Gasteiger partial charge in [0.2, 0.25) is 11.8 Å². The first-order valence-corrected chi connectivity index (χ1v) is 11.8. The van der Waals surface area contributed by atoms with Gasteiger partial charge in [-0.25, -0.2) is 0 Å². The molecule has 2 N–H and O–H groups in total. The van der Waals surface area contributed by atoms with Crippen molar-refractivity contribution in [2.45, 2.75) is 32.0 Å². The van der Waals surface area contributed by atoms with Crippen molar-refractivity contribution >= 4 is 63.8 Å². The minimum atomic E-state index is -0.492. The number of benzene rings is 2. The Kier molecular flexibility index (Phi) is 8.48. The number of nitrogens with one attached hydrogen (secondary N) is 2. The van der Waals surface area contributed by atoms with Crippen LogP contribution in [0.5, 0.6) is 0 Å². The molecule has 10 nitrogen and oxygen atoms in total. The molecule has 0 radical (unpaired) electrons. The lowest BCUT2D eigenvalue weighted by molar-refractivity contribution is -0.384. The van der Waals surface area contributed by atoms with Crippen molar-refractivity contribution < 1.29 is 14.5 Å². The first-order valence-electron chi connectivity index (χ1n) is 10.0. The second-order valence-electron chi connectivity index (χ2n) is 7.09. The summed E-state index contributed by atoms with van der Waals surface area (Å²) in [5.41, 5.74) is 1.54. The summed E-state index contributed by atoms with van der Waals surface area (Å²) >= 11 is 13.0. The standard InChI is InChI=1S/C21H20Cl2N6O4S/c1-3-28-18(10-19(30)24-13-4-6-15(22)16(23)9-13)26-27-21(28)34-11-20(31)25-17-7-5-14(29(32)33)8-12(17)2/h4-9H,3,10-11H2,1-2H3,(H,24,30)(H,25,31). The summed E-state index contributed by atoms with van der Waals surface area (Å²) in [6.45, 7) is 4.07. The van der Waals surface area contributed by atoms with E-state index in [1.165, 1.54) is 30.0 Å². The zero-order chi connectivity index (χ0) is 24.8. The Hall–Kier alpha value is -3.15. The van der Waals surface area contributed by atoms with Gasteiger partial charge in [0.05, 0.1) is 27.1 Å². The Morgan fingerprint density at radius 3 is 2.50 bits per heavy atom. The highest BCUT2D eigenvalue weighted by Gasteiger charge is 2.17. The number of anilines is 2. The van der Waals surface area contributed by atoms with Gasteiger partial charge in [-0.1, -0.05) is 35.0 Å². The predicted molar refractivity (Wildman–Crippen MR) is 132 cm³/mol. The SMILES string of the molecule is CCn1c(CC(=O)Nc2ccc(Cl)c(Cl)c2)nnc1SCC(=O)Nc1ccc([N+](=O)[O-])cc1C. The van der Waals surface area contributed by atoms with Gasteiger partial charge in [-0.3, -0.25) is 19.7 Å². The maximum atomic E-state index is 12.4. The summed E-state index contributed by atoms with van der Waals surface area (Å²) in [4.78, 5) is 35.2. The molecule has 2 aromatic carbocycles. The van der Waals surface area contributed by atoms with Crippen molar-refractivity contribution in [1.29, 1.82) is 0 Å². The molecule has 2 amide bonds. The second kappa shape index (κ2) is 11.3. The van der Waals surface area contributed by atoms with Gasteiger partial charge < -0.3 is 15.2 Å². The Morgan fingerprint density at radius 2 is 1.85 bits per heavy atom. The number of nitro benzene ring substituents is 1. The molecule has 178 valence electrons. The predicted octanol–water partition coefficient (Wildman–Crippen LogP) is 4.73. The topological polar surface area (TPSA) is 132 Å². The van der Waals surface area contributed by atoms with E-state index in [1.54, 1.807) is 29.7 Å². The van der Waals surface area contributed by atoms with Gasteiger partial charge >= 0.3 is 0 Å². The number of aromatic nitrogens is 3. The quantitative estimate of drug-likeness (QED) is 0.235. The summed E-state index contributed by atoms with van der Waals surface area (Å²) in [7, 11) is 0. The molecule has 3 rings (SSSR count). The van der Waals surface area contributed by atoms with Crippen LogP contribution >= 0.6 is 35.0 Å². The van der Waals surface area contributed by atoms with Crippen LogP contribution in [0.1, 0.15) is 18.3 Å². The monoisotopic (exact) mass is 522 g/mol. The third-order valence-electron chi connectivity index (χ3n) is 4.66. The van der Waals surface area contributed by atoms with Crippen LogP contribution in [0.3, 0.4) is 0 Å². The summed E-state index contributed by atoms with van der Waals surface area (Å²) in [6.07, 6.45) is -0.0180. The molecule has 0 fully saturated rings. The molecular weight excluding hydrogens is 503 g/mol. The van der Waals surface area contributed by atoms with Crippen molar-refractivity contribution in [3.8, 4) is 0 Å². The molecule has 1 aromatic heterocycles. The van der Waals surface area contributed by atoms with Crippen molar-refractivity contribution in [3.05, 3.63) is 67.9 Å². The van der Waals surface area contributed by atoms with Crippen LogP contribution < -0.4 is 10.6 Å². The Bertz CT molecular complexity index is 1250. The minimum Gasteiger partial charge on any atom is -0.326 e. The Labute approximate surface area is 209 Å². The molecule has 0 aliphatic carbocycles. The number of amides is 2. The second-order valence-corrected chi connectivity index (χ2v) is 8.85. The summed E-state index contributed by atoms with van der Waals surface area (Å²) in [5, 5.41) is 25.7. The van der Waals surface area contributed by atoms with Gasteiger partial charge in [0.25, 0.3) is 5.69 Å². The highest BCUT2D eigenvalue weighted by atomic mass is 35.5. The van der Waals surface area contributed by atoms with E-state index in [4.69, 9.17) is 23.2 Å². The molecule has 0 saturated heterocycles. The maximum absolute atomic E-state index is 12.4. The maximum Gasteiger partial charge on any atom is 0.269 e. The average Bonchev–Trinajstić information content (AvgIpc) is 3.17. The van der Waals surface area contributed by atoms with Gasteiger partial charge in [0.1, 0.15) is 5.82 Å². The normalized spacial score (nSPS) is 10.7. The number of hydrogen-bond acceptors (Lipinski definition) is 7. The number of thioether (sulfide) groups is 1. The Morgan fingerprint density at radius 1 is 1.09 bits per heavy atom. The minimum absolute atomic E-state index is 0.0180. The van der Waals surface area contributed by atoms with Gasteiger partial charge in [0.15, 0.2) is 5.16 Å². The molecule has 34 heavy (non-hydrogen) atoms. The number of hydrogen-bond donors (Lipinski definition) is 2. The van der Waals surface area contributed by atoms with Crippen LogP contribution in [-0.4, -0.2) is 37.3 Å². The van der Waals surface area contributed by atoms with Crippen LogP contribution in [-0.2, 0) is 22.6 Å². The molecule has 1 heterocycles. The van der Waals surface area contributed by atoms with E-state index >= 15 is 0 Å². The molecule has 3 aromatic rings. The van der Waals surface area contributed by atoms with Crippen LogP contribution in [0.4, 0.5) is 17.1 Å². The molecule has 0 saturated carbocycles. The molecule has 0 unspecified atom stereocenters. The lowest BCUT2D eigenvalue weighted by atomic mass is 10.2. The van der Waals surface area contributed by atoms with Crippen molar-refractivity contribution in [2.24, 2.45) is 0 Å². The van der Waals surface area contributed by atoms with E-state index in [1.807, 2.05) is 6.92 Å². The number of carbonyl (C=O) groups excluding carboxylic acids is 2. The van der Waals surface area contributed by atoms with E-state index in [0.29, 0.717) is 44.5 Å². The van der Waals surface area contributed by atoms with E-state index in [0.717, 1.165) is 0 Å². The fraction of sp³-hybridized carbons (Fsp3) is 0.238. The van der Waals surface area contributed by atoms with Crippen molar-refractivity contribution in [3.63, 3.8) is 0 Å². The lowest BCUT2D eigenvalue weighted by Gasteiger charge is -2.10. The number of nitrogens with zero attached hydrogens (tertiary/aromatic N) is 4. The lowest BCUT2D eigenvalue weighted by Crippen LogP contribution is -2.18. The van der Waals surface area contributed by atoms with E-state index < -0.39 is 4.92 Å². The molecule has 0 bridgehead atoms. The third kappa shape index (κ3) is 6.46. The average molecular weight is 523 g/mol. The summed E-state index contributed by atoms with van der Waals surface area (Å²) < 4.78 is 1.75. The van der Waals surface area contributed by atoms with Gasteiger partial charge in [-0.05, 0) is 43.7 Å². The van der Waals surface area contributed by atoms with Crippen LogP contribution in [0.2, 0.25) is 10.0 Å². The first kappa shape index (κ1) is 25.5. The molecule has 13 heteroatoms. The van der Waals surface area contributed by atoms with E-state index in [-0.39, 0.29) is 29.7 Å². The number of non-ortho nitro benzene ring substituents is 1. The molecular formula is C21H20Cl2N6O4S. The summed E-state index contributed by atoms with van der Waals surface area (Å²) in [5.74, 6) is -0.103. The zero-order valence-corrected chi connectivity index (χ0v) is 20.5. The van der Waals surface area contributed by atoms with Gasteiger partial charge in [-0.2, -0.15) is 0 Å². The van der Waals surface area contributed by atoms with Crippen LogP contribution in [0.15, 0.2) is 41.6 Å². The Balaban J connectivity index is 1.59. The first-order chi connectivity index (χ1) is 16.2. The smallest absolute Gasteiger partial charge is 0.269 e. The molecule has 0 spiro atoms. The number of aryl methyl sites for hydroxylation is 1. The van der Waals surface area contributed by atoms with Gasteiger partial charge in [-0.15, -0.1) is 10.2 Å². The molecule has 0 aliphatic heterocycles. The number of rotatable bonds is 9. The third-order valence-corrected chi connectivity index (χ3v) is 6.36. The highest BCUT2D eigenvalue weighted by molar-refractivity contribution is 7.99. The molecule has 0 aliphatic rings.